The first-order valence-electron chi connectivity index (χ1n) is 3.99. The van der Waals surface area contributed by atoms with Crippen molar-refractivity contribution in [2.45, 2.75) is 19.8 Å². The summed E-state index contributed by atoms with van der Waals surface area (Å²) >= 11 is 0. The van der Waals surface area contributed by atoms with Gasteiger partial charge in [-0.15, -0.1) is 0 Å². The Morgan fingerprint density at radius 1 is 1.44 bits per heavy atom. The van der Waals surface area contributed by atoms with Gasteiger partial charge >= 0.3 is 0 Å². The molecule has 0 aromatic carbocycles. The van der Waals surface area contributed by atoms with Gasteiger partial charge in [0.05, 0.1) is 6.61 Å². The fourth-order valence-electron chi connectivity index (χ4n) is 2.22. The van der Waals surface area contributed by atoms with Crippen LogP contribution in [-0.4, -0.2) is 13.2 Å². The van der Waals surface area contributed by atoms with Crippen LogP contribution in [0.5, 0.6) is 0 Å². The molecule has 2 rings (SSSR count). The zero-order valence-electron chi connectivity index (χ0n) is 5.97. The van der Waals surface area contributed by atoms with Gasteiger partial charge in [-0.2, -0.15) is 0 Å². The maximum Gasteiger partial charge on any atom is 0.0500 e. The molecule has 1 nitrogen and oxygen atoms in total. The van der Waals surface area contributed by atoms with Crippen LogP contribution in [0.4, 0.5) is 0 Å². The highest BCUT2D eigenvalue weighted by atomic mass is 16.5. The Bertz CT molecular complexity index is 111. The predicted octanol–water partition coefficient (Wildman–Crippen LogP) is 1.68. The Hall–Kier alpha value is -0.0400. The monoisotopic (exact) mass is 126 g/mol. The number of ether oxygens (including phenoxy) is 1. The molecular weight excluding hydrogens is 112 g/mol. The molecule has 0 bridgehead atoms. The Morgan fingerprint density at radius 2 is 2.33 bits per heavy atom. The Balaban J connectivity index is 1.93. The fraction of sp³-hybridized carbons (Fsp3) is 1.00. The summed E-state index contributed by atoms with van der Waals surface area (Å²) in [5.41, 5.74) is 0. The van der Waals surface area contributed by atoms with Gasteiger partial charge in [0.15, 0.2) is 0 Å². The lowest BCUT2D eigenvalue weighted by Gasteiger charge is -2.38. The van der Waals surface area contributed by atoms with Crippen molar-refractivity contribution < 1.29 is 4.74 Å². The minimum Gasteiger partial charge on any atom is -0.381 e. The highest BCUT2D eigenvalue weighted by Crippen LogP contribution is 2.45. The smallest absolute Gasteiger partial charge is 0.0500 e. The number of hydrogen-bond acceptors (Lipinski definition) is 1. The molecule has 1 saturated heterocycles. The largest absolute Gasteiger partial charge is 0.381 e. The molecular formula is C8H14O. The maximum atomic E-state index is 5.36. The average Bonchev–Trinajstić information content (AvgIpc) is 2.14. The predicted molar refractivity (Wildman–Crippen MR) is 36.2 cm³/mol. The Kier molecular flexibility index (Phi) is 1.26. The summed E-state index contributed by atoms with van der Waals surface area (Å²) in [5.74, 6) is 2.92. The zero-order valence-corrected chi connectivity index (χ0v) is 5.97. The molecule has 2 aliphatic rings. The summed E-state index contributed by atoms with van der Waals surface area (Å²) in [7, 11) is 0. The lowest BCUT2D eigenvalue weighted by molar-refractivity contribution is 0.116. The van der Waals surface area contributed by atoms with E-state index in [9.17, 15) is 0 Å². The van der Waals surface area contributed by atoms with Gasteiger partial charge in [-0.05, 0) is 24.2 Å². The highest BCUT2D eigenvalue weighted by Gasteiger charge is 2.43. The third-order valence-corrected chi connectivity index (χ3v) is 2.98. The fourth-order valence-corrected chi connectivity index (χ4v) is 2.22. The Labute approximate surface area is 56.4 Å². The summed E-state index contributed by atoms with van der Waals surface area (Å²) in [6.07, 6.45) is 2.81. The van der Waals surface area contributed by atoms with Crippen LogP contribution >= 0.6 is 0 Å². The quantitative estimate of drug-likeness (QED) is 0.519. The van der Waals surface area contributed by atoms with E-state index in [-0.39, 0.29) is 0 Å². The van der Waals surface area contributed by atoms with E-state index in [0.717, 1.165) is 31.0 Å². The van der Waals surface area contributed by atoms with Gasteiger partial charge in [0.1, 0.15) is 0 Å². The second-order valence-electron chi connectivity index (χ2n) is 3.37. The lowest BCUT2D eigenvalue weighted by Crippen LogP contribution is -2.34. The highest BCUT2D eigenvalue weighted by molar-refractivity contribution is 4.91. The van der Waals surface area contributed by atoms with Crippen LogP contribution in [0, 0.1) is 17.8 Å². The Morgan fingerprint density at radius 3 is 3.00 bits per heavy atom. The second kappa shape index (κ2) is 1.98. The SMILES string of the molecule is CCC1CC2COCC12. The van der Waals surface area contributed by atoms with E-state index < -0.39 is 0 Å². The first kappa shape index (κ1) is 5.72. The van der Waals surface area contributed by atoms with Gasteiger partial charge in [0.25, 0.3) is 0 Å². The van der Waals surface area contributed by atoms with Crippen LogP contribution in [0.15, 0.2) is 0 Å². The van der Waals surface area contributed by atoms with E-state index >= 15 is 0 Å². The third kappa shape index (κ3) is 0.710. The normalized spacial score (nSPS) is 48.3. The zero-order chi connectivity index (χ0) is 6.27. The van der Waals surface area contributed by atoms with Crippen LogP contribution in [0.25, 0.3) is 0 Å². The number of rotatable bonds is 1. The first-order valence-corrected chi connectivity index (χ1v) is 3.99. The number of hydrogen-bond donors (Lipinski definition) is 0. The molecule has 3 unspecified atom stereocenters. The average molecular weight is 126 g/mol. The molecule has 1 heterocycles. The molecule has 1 heteroatoms. The summed E-state index contributed by atoms with van der Waals surface area (Å²) in [5, 5.41) is 0. The minimum absolute atomic E-state index is 0.954. The maximum absolute atomic E-state index is 5.36. The summed E-state index contributed by atoms with van der Waals surface area (Å²) in [6, 6.07) is 0. The van der Waals surface area contributed by atoms with Crippen molar-refractivity contribution in [2.75, 3.05) is 13.2 Å². The van der Waals surface area contributed by atoms with Crippen molar-refractivity contribution in [1.29, 1.82) is 0 Å². The van der Waals surface area contributed by atoms with E-state index in [1.807, 2.05) is 0 Å². The molecule has 1 saturated carbocycles. The van der Waals surface area contributed by atoms with Gasteiger partial charge in [-0.1, -0.05) is 13.3 Å². The van der Waals surface area contributed by atoms with Gasteiger partial charge in [0.2, 0.25) is 0 Å². The van der Waals surface area contributed by atoms with Crippen LogP contribution in [0.3, 0.4) is 0 Å². The second-order valence-corrected chi connectivity index (χ2v) is 3.37. The molecule has 9 heavy (non-hydrogen) atoms. The van der Waals surface area contributed by atoms with Crippen molar-refractivity contribution in [3.8, 4) is 0 Å². The van der Waals surface area contributed by atoms with Crippen LogP contribution < -0.4 is 0 Å². The standard InChI is InChI=1S/C8H14O/c1-2-6-3-7-4-9-5-8(6)7/h6-8H,2-5H2,1H3. The van der Waals surface area contributed by atoms with Crippen molar-refractivity contribution in [1.82, 2.24) is 0 Å². The molecule has 2 fully saturated rings. The summed E-state index contributed by atoms with van der Waals surface area (Å²) in [4.78, 5) is 0. The molecule has 0 aromatic heterocycles. The van der Waals surface area contributed by atoms with Crippen molar-refractivity contribution in [3.63, 3.8) is 0 Å². The molecule has 3 atom stereocenters. The topological polar surface area (TPSA) is 9.23 Å². The van der Waals surface area contributed by atoms with Gasteiger partial charge in [-0.3, -0.25) is 0 Å². The molecule has 0 aromatic rings. The van der Waals surface area contributed by atoms with E-state index in [2.05, 4.69) is 6.92 Å². The molecule has 0 radical (unpaired) electrons. The molecule has 0 amide bonds. The summed E-state index contributed by atoms with van der Waals surface area (Å²) < 4.78 is 5.36. The van der Waals surface area contributed by atoms with Crippen LogP contribution in [-0.2, 0) is 4.74 Å². The van der Waals surface area contributed by atoms with E-state index in [4.69, 9.17) is 4.74 Å². The van der Waals surface area contributed by atoms with Crippen molar-refractivity contribution in [2.24, 2.45) is 17.8 Å². The minimum atomic E-state index is 0.954. The molecule has 52 valence electrons. The lowest BCUT2D eigenvalue weighted by atomic mass is 9.66. The van der Waals surface area contributed by atoms with Crippen LogP contribution in [0.1, 0.15) is 19.8 Å². The van der Waals surface area contributed by atoms with Crippen molar-refractivity contribution >= 4 is 0 Å². The number of fused-ring (bicyclic) bond motifs is 1. The molecule has 0 N–H and O–H groups in total. The first-order chi connectivity index (χ1) is 4.42. The van der Waals surface area contributed by atoms with E-state index in [0.29, 0.717) is 0 Å². The van der Waals surface area contributed by atoms with E-state index in [1.165, 1.54) is 12.8 Å². The molecule has 1 aliphatic carbocycles. The van der Waals surface area contributed by atoms with Crippen LogP contribution in [0.2, 0.25) is 0 Å². The van der Waals surface area contributed by atoms with Crippen molar-refractivity contribution in [3.05, 3.63) is 0 Å². The third-order valence-electron chi connectivity index (χ3n) is 2.98. The molecule has 1 aliphatic heterocycles. The van der Waals surface area contributed by atoms with Gasteiger partial charge < -0.3 is 4.74 Å². The summed E-state index contributed by atoms with van der Waals surface area (Å²) in [6.45, 7) is 4.41. The molecule has 0 spiro atoms. The van der Waals surface area contributed by atoms with E-state index in [1.54, 1.807) is 0 Å². The van der Waals surface area contributed by atoms with Gasteiger partial charge in [0, 0.05) is 6.61 Å². The van der Waals surface area contributed by atoms with Gasteiger partial charge in [-0.25, -0.2) is 0 Å².